The Morgan fingerprint density at radius 3 is 1.89 bits per heavy atom. The van der Waals surface area contributed by atoms with Gasteiger partial charge in [-0.15, -0.1) is 0 Å². The molecule has 0 atom stereocenters. The van der Waals surface area contributed by atoms with E-state index in [4.69, 9.17) is 9.79 Å². The van der Waals surface area contributed by atoms with Gasteiger partial charge in [0, 0.05) is 25.8 Å². The summed E-state index contributed by atoms with van der Waals surface area (Å²) in [4.78, 5) is 25.5. The van der Waals surface area contributed by atoms with Crippen LogP contribution in [0.4, 0.5) is 0 Å². The molecule has 1 radical (unpaired) electrons. The van der Waals surface area contributed by atoms with Gasteiger partial charge in [-0.25, -0.2) is 4.57 Å². The molecular formula is C2H5LiO5P. The van der Waals surface area contributed by atoms with Crippen LogP contribution in [0, 0.1) is 0 Å². The Bertz CT molecular complexity index is 138. The average molecular weight is 147 g/mol. The maximum atomic E-state index is 9.74. The van der Waals surface area contributed by atoms with Crippen LogP contribution in [-0.2, 0) is 13.9 Å². The molecule has 0 saturated carbocycles. The van der Waals surface area contributed by atoms with Crippen molar-refractivity contribution in [2.45, 2.75) is 6.92 Å². The summed E-state index contributed by atoms with van der Waals surface area (Å²) < 4.78 is 13.2. The van der Waals surface area contributed by atoms with E-state index in [9.17, 15) is 9.36 Å². The minimum Gasteiger partial charge on any atom is -0.371 e. The number of phosphoric acid groups is 1. The van der Waals surface area contributed by atoms with Crippen LogP contribution in [0.25, 0.3) is 0 Å². The van der Waals surface area contributed by atoms with Crippen molar-refractivity contribution in [2.24, 2.45) is 0 Å². The largest absolute Gasteiger partial charge is 0.526 e. The predicted molar refractivity (Wildman–Crippen MR) is 29.6 cm³/mol. The molecule has 2 N–H and O–H groups in total. The second kappa shape index (κ2) is 4.10. The molecular weight excluding hydrogens is 142 g/mol. The van der Waals surface area contributed by atoms with Crippen molar-refractivity contribution in [1.29, 1.82) is 0 Å². The molecule has 5 nitrogen and oxygen atoms in total. The molecule has 0 rings (SSSR count). The van der Waals surface area contributed by atoms with Gasteiger partial charge in [0.1, 0.15) is 0 Å². The maximum Gasteiger partial charge on any atom is 0.526 e. The molecule has 0 unspecified atom stereocenters. The third kappa shape index (κ3) is 11.7. The van der Waals surface area contributed by atoms with E-state index in [0.29, 0.717) is 0 Å². The third-order valence-corrected chi connectivity index (χ3v) is 0.742. The minimum absolute atomic E-state index is 0. The topological polar surface area (TPSA) is 83.8 Å². The molecule has 0 aromatic heterocycles. The fourth-order valence-electron chi connectivity index (χ4n) is 0.167. The van der Waals surface area contributed by atoms with Crippen LogP contribution in [0.2, 0.25) is 0 Å². The van der Waals surface area contributed by atoms with Crippen LogP contribution in [0.3, 0.4) is 0 Å². The minimum atomic E-state index is -4.57. The summed E-state index contributed by atoms with van der Waals surface area (Å²) in [6.07, 6.45) is 0. The van der Waals surface area contributed by atoms with Crippen molar-refractivity contribution in [1.82, 2.24) is 0 Å². The zero-order chi connectivity index (χ0) is 6.78. The first-order valence-corrected chi connectivity index (χ1v) is 3.20. The van der Waals surface area contributed by atoms with Crippen LogP contribution < -0.4 is 0 Å². The van der Waals surface area contributed by atoms with Crippen molar-refractivity contribution in [3.8, 4) is 0 Å². The van der Waals surface area contributed by atoms with E-state index >= 15 is 0 Å². The SMILES string of the molecule is CC(=O)OP(=O)(O)O.[Li]. The van der Waals surface area contributed by atoms with Crippen molar-refractivity contribution in [2.75, 3.05) is 0 Å². The molecule has 0 spiro atoms. The van der Waals surface area contributed by atoms with Gasteiger partial charge in [0.2, 0.25) is 0 Å². The Hall–Kier alpha value is 0.217. The molecule has 0 aliphatic carbocycles. The Morgan fingerprint density at radius 1 is 1.56 bits per heavy atom. The number of carbonyl (C=O) groups excluding carboxylic acids is 1. The summed E-state index contributed by atoms with van der Waals surface area (Å²) in [5.41, 5.74) is 0. The van der Waals surface area contributed by atoms with Gasteiger partial charge in [0.05, 0.1) is 0 Å². The number of carbonyl (C=O) groups is 1. The summed E-state index contributed by atoms with van der Waals surface area (Å²) in [5.74, 6) is -0.988. The van der Waals surface area contributed by atoms with Gasteiger partial charge in [0.15, 0.2) is 0 Å². The average Bonchev–Trinajstić information content (AvgIpc) is 1.21. The molecule has 0 bridgehead atoms. The van der Waals surface area contributed by atoms with Gasteiger partial charge >= 0.3 is 13.8 Å². The number of rotatable bonds is 1. The molecule has 0 fully saturated rings. The van der Waals surface area contributed by atoms with E-state index in [1.807, 2.05) is 0 Å². The molecule has 9 heavy (non-hydrogen) atoms. The van der Waals surface area contributed by atoms with Crippen LogP contribution >= 0.6 is 7.82 Å². The van der Waals surface area contributed by atoms with E-state index in [1.165, 1.54) is 0 Å². The van der Waals surface area contributed by atoms with Crippen molar-refractivity contribution >= 4 is 32.7 Å². The first kappa shape index (κ1) is 11.9. The molecule has 0 amide bonds. The standard InChI is InChI=1S/C2H5O5P.Li/c1-2(3)7-8(4,5)6;/h1H3,(H2,4,5,6);. The van der Waals surface area contributed by atoms with Gasteiger partial charge in [0.25, 0.3) is 0 Å². The molecule has 0 aliphatic rings. The van der Waals surface area contributed by atoms with Crippen LogP contribution in [0.15, 0.2) is 0 Å². The van der Waals surface area contributed by atoms with Gasteiger partial charge < -0.3 is 4.52 Å². The summed E-state index contributed by atoms with van der Waals surface area (Å²) in [7, 11) is -4.57. The zero-order valence-electron chi connectivity index (χ0n) is 5.07. The van der Waals surface area contributed by atoms with Crippen LogP contribution in [-0.4, -0.2) is 34.6 Å². The summed E-state index contributed by atoms with van der Waals surface area (Å²) in [6.45, 7) is 0.916. The quantitative estimate of drug-likeness (QED) is 0.377. The molecule has 7 heteroatoms. The Kier molecular flexibility index (Phi) is 5.44. The maximum absolute atomic E-state index is 9.74. The summed E-state index contributed by atoms with van der Waals surface area (Å²) >= 11 is 0. The summed E-state index contributed by atoms with van der Waals surface area (Å²) in [6, 6.07) is 0. The first-order chi connectivity index (χ1) is 3.42. The fourth-order valence-corrected chi connectivity index (χ4v) is 0.502. The second-order valence-electron chi connectivity index (χ2n) is 1.07. The van der Waals surface area contributed by atoms with Crippen LogP contribution in [0.1, 0.15) is 6.92 Å². The molecule has 0 aliphatic heterocycles. The molecule has 0 saturated heterocycles. The molecule has 0 heterocycles. The number of hydrogen-bond acceptors (Lipinski definition) is 3. The fraction of sp³-hybridized carbons (Fsp3) is 0.500. The monoisotopic (exact) mass is 147 g/mol. The Balaban J connectivity index is 0. The Morgan fingerprint density at radius 2 is 1.89 bits per heavy atom. The van der Waals surface area contributed by atoms with Gasteiger partial charge in [-0.2, -0.15) is 0 Å². The van der Waals surface area contributed by atoms with E-state index in [0.717, 1.165) is 6.92 Å². The van der Waals surface area contributed by atoms with Gasteiger partial charge in [-0.05, 0) is 0 Å². The van der Waals surface area contributed by atoms with Crippen molar-refractivity contribution < 1.29 is 23.7 Å². The zero-order valence-corrected chi connectivity index (χ0v) is 5.96. The molecule has 49 valence electrons. The second-order valence-corrected chi connectivity index (χ2v) is 2.24. The van der Waals surface area contributed by atoms with Crippen molar-refractivity contribution in [3.05, 3.63) is 0 Å². The molecule has 0 aromatic carbocycles. The van der Waals surface area contributed by atoms with Gasteiger partial charge in [-0.1, -0.05) is 0 Å². The summed E-state index contributed by atoms with van der Waals surface area (Å²) in [5, 5.41) is 0. The first-order valence-electron chi connectivity index (χ1n) is 1.67. The van der Waals surface area contributed by atoms with E-state index in [-0.39, 0.29) is 18.9 Å². The molecule has 0 aromatic rings. The third-order valence-electron chi connectivity index (χ3n) is 0.247. The number of hydrogen-bond donors (Lipinski definition) is 2. The van der Waals surface area contributed by atoms with Crippen LogP contribution in [0.5, 0.6) is 0 Å². The van der Waals surface area contributed by atoms with Crippen molar-refractivity contribution in [3.63, 3.8) is 0 Å². The van der Waals surface area contributed by atoms with E-state index in [2.05, 4.69) is 4.52 Å². The van der Waals surface area contributed by atoms with Gasteiger partial charge in [-0.3, -0.25) is 14.6 Å². The number of phosphoric ester groups is 1. The smallest absolute Gasteiger partial charge is 0.371 e. The van der Waals surface area contributed by atoms with E-state index < -0.39 is 13.8 Å². The van der Waals surface area contributed by atoms with E-state index in [1.54, 1.807) is 0 Å². The predicted octanol–water partition coefficient (Wildman–Crippen LogP) is -0.739. The normalized spacial score (nSPS) is 9.67. The Labute approximate surface area is 63.8 Å².